The maximum atomic E-state index is 10.4. The number of ether oxygens (including phenoxy) is 8. The van der Waals surface area contributed by atoms with Crippen LogP contribution in [0.4, 0.5) is 0 Å². The first kappa shape index (κ1) is 109. The van der Waals surface area contributed by atoms with Gasteiger partial charge in [0.1, 0.15) is 29.5 Å². The molecule has 0 saturated carbocycles. The summed E-state index contributed by atoms with van der Waals surface area (Å²) < 4.78 is 40.6. The molecular formula is C86H150IKO11P+. The molecule has 100 heavy (non-hydrogen) atoms. The standard InChI is InChI=1S/C27H34P.C18H36O3.C14H28O2.C14H24O.C5H10O3.C4H9O.C4H8O.HI.K/c1-2-3-4-5-6-7-17-24-28(25-18-11-8-12-19-25,26-20-13-9-14-21-26)27-22-15-10-16-23-27;1-6-8-9-10-11-12-13-14-16(3)17(19-4)15-18(20-5)21-7-2;1-5-6-7-8-9-10-11-12-13(2)14(15-3)16-4;1-3-4-5-6-7-8-9-11-14(2)12-10-13-15;1-4(6)5(7-2)8-3;1-4(2,3)5;1-3-5-4-2;;/h8-16,18-23H,2-7,17,24H2,1H3;14,17-18H,6-13,15H2,1-5H3;12,14H,5-11H2,1-4H3;10-13H,3-9H2,1-2H3;5H,1-3H3;1-3H3;3H,1,4H2,2H3;1H;/q+1;;;;;-1;;;+1/b;;;12-10+,14-11?;;;;;. The zero-order valence-corrected chi connectivity index (χ0v) is 74.0. The Morgan fingerprint density at radius 3 is 1.10 bits per heavy atom. The number of Topliss-reactive ketones (excluding diaryl/α,β-unsaturated/α-hetero) is 1. The normalized spacial score (nSPS) is 12.0. The third-order valence-electron chi connectivity index (χ3n) is 15.9. The van der Waals surface area contributed by atoms with Crippen LogP contribution < -0.4 is 72.4 Å². The molecule has 0 heterocycles. The largest absolute Gasteiger partial charge is 1.00 e. The molecule has 0 radical (unpaired) electrons. The van der Waals surface area contributed by atoms with Crippen LogP contribution in [0.5, 0.6) is 0 Å². The van der Waals surface area contributed by atoms with Crippen LogP contribution in [-0.2, 0) is 47.5 Å². The van der Waals surface area contributed by atoms with Crippen LogP contribution in [0.2, 0.25) is 0 Å². The second kappa shape index (κ2) is 81.1. The molecule has 572 valence electrons. The molecule has 0 aliphatic heterocycles. The maximum Gasteiger partial charge on any atom is 1.00 e. The van der Waals surface area contributed by atoms with E-state index in [1.165, 1.54) is 227 Å². The van der Waals surface area contributed by atoms with Crippen molar-refractivity contribution in [2.24, 2.45) is 0 Å². The Labute approximate surface area is 676 Å². The molecule has 3 aromatic carbocycles. The summed E-state index contributed by atoms with van der Waals surface area (Å²) in [6.45, 7) is 30.2. The number of unbranched alkanes of at least 4 members (excludes halogenated alkanes) is 24. The third kappa shape index (κ3) is 66.6. The Balaban J connectivity index is -0.000000276. The molecular weight excluding hydrogens is 1410 g/mol. The van der Waals surface area contributed by atoms with Gasteiger partial charge in [-0.1, -0.05) is 268 Å². The number of ketones is 1. The summed E-state index contributed by atoms with van der Waals surface area (Å²) in [6.07, 6.45) is 50.6. The quantitative estimate of drug-likeness (QED) is 0.00511. The van der Waals surface area contributed by atoms with Gasteiger partial charge in [0.2, 0.25) is 6.29 Å². The van der Waals surface area contributed by atoms with Crippen LogP contribution in [0.3, 0.4) is 0 Å². The maximum absolute atomic E-state index is 10.4. The van der Waals surface area contributed by atoms with Crippen molar-refractivity contribution in [3.8, 4) is 0 Å². The Kier molecular flexibility index (Phi) is 88.3. The molecule has 2 atom stereocenters. The summed E-state index contributed by atoms with van der Waals surface area (Å²) in [5.41, 5.74) is 2.90. The van der Waals surface area contributed by atoms with E-state index >= 15 is 0 Å². The van der Waals surface area contributed by atoms with Crippen molar-refractivity contribution in [1.82, 2.24) is 0 Å². The summed E-state index contributed by atoms with van der Waals surface area (Å²) in [7, 11) is 8.03. The van der Waals surface area contributed by atoms with Crippen LogP contribution >= 0.6 is 31.2 Å². The second-order valence-electron chi connectivity index (χ2n) is 25.7. The molecule has 14 heteroatoms. The zero-order valence-electron chi connectivity index (χ0n) is 67.7. The molecule has 11 nitrogen and oxygen atoms in total. The summed E-state index contributed by atoms with van der Waals surface area (Å²) in [5.74, 6) is -0.116. The fourth-order valence-corrected chi connectivity index (χ4v) is 14.9. The number of hydrogen-bond acceptors (Lipinski definition) is 11. The van der Waals surface area contributed by atoms with Crippen LogP contribution in [0.1, 0.15) is 276 Å². The number of carbonyl (C=O) groups excluding carboxylic acids is 2. The molecule has 0 amide bonds. The fraction of sp³-hybridized carbons (Fsp3) is 0.651. The number of aldehydes is 1. The van der Waals surface area contributed by atoms with E-state index < -0.39 is 19.2 Å². The monoisotopic (exact) mass is 1560 g/mol. The van der Waals surface area contributed by atoms with E-state index in [4.69, 9.17) is 23.7 Å². The van der Waals surface area contributed by atoms with Gasteiger partial charge in [-0.3, -0.25) is 9.59 Å². The van der Waals surface area contributed by atoms with E-state index in [0.717, 1.165) is 38.6 Å². The van der Waals surface area contributed by atoms with E-state index in [9.17, 15) is 14.7 Å². The summed E-state index contributed by atoms with van der Waals surface area (Å²) >= 11 is 0. The minimum absolute atomic E-state index is 0. The van der Waals surface area contributed by atoms with Gasteiger partial charge in [-0.15, -0.1) is 29.6 Å². The minimum atomic E-state index is -1.61. The van der Waals surface area contributed by atoms with Gasteiger partial charge in [0.15, 0.2) is 18.4 Å². The predicted octanol–water partition coefficient (Wildman–Crippen LogP) is 19.7. The van der Waals surface area contributed by atoms with Gasteiger partial charge in [0.05, 0.1) is 25.1 Å². The topological polar surface area (TPSA) is 131 Å². The number of allylic oxidation sites excluding steroid dienone is 6. The summed E-state index contributed by atoms with van der Waals surface area (Å²) in [5, 5.41) is 14.6. The Hall–Kier alpha value is -2.02. The molecule has 0 saturated heterocycles. The third-order valence-corrected chi connectivity index (χ3v) is 20.4. The van der Waals surface area contributed by atoms with Crippen molar-refractivity contribution in [3.05, 3.63) is 151 Å². The number of benzene rings is 3. The number of hydrogen-bond donors (Lipinski definition) is 0. The average Bonchev–Trinajstić information content (AvgIpc) is 0.762. The van der Waals surface area contributed by atoms with Crippen molar-refractivity contribution < 1.29 is 104 Å². The molecule has 0 bridgehead atoms. The van der Waals surface area contributed by atoms with Crippen molar-refractivity contribution in [1.29, 1.82) is 0 Å². The Morgan fingerprint density at radius 2 is 0.820 bits per heavy atom. The van der Waals surface area contributed by atoms with Gasteiger partial charge in [-0.05, 0) is 147 Å². The number of halogens is 1. The molecule has 0 N–H and O–H groups in total. The van der Waals surface area contributed by atoms with Crippen molar-refractivity contribution in [2.45, 2.75) is 307 Å². The first-order valence-corrected chi connectivity index (χ1v) is 39.6. The van der Waals surface area contributed by atoms with E-state index in [0.29, 0.717) is 6.61 Å². The number of methoxy groups -OCH3 is 6. The molecule has 0 aliphatic rings. The predicted molar refractivity (Wildman–Crippen MR) is 440 cm³/mol. The van der Waals surface area contributed by atoms with E-state index in [2.05, 4.69) is 172 Å². The summed E-state index contributed by atoms with van der Waals surface area (Å²) in [6, 6.07) is 33.8. The summed E-state index contributed by atoms with van der Waals surface area (Å²) in [4.78, 5) is 20.4. The molecule has 3 rings (SSSR count). The fourth-order valence-electron chi connectivity index (χ4n) is 10.5. The first-order valence-electron chi connectivity index (χ1n) is 37.7. The van der Waals surface area contributed by atoms with Crippen molar-refractivity contribution in [2.75, 3.05) is 62.0 Å². The second-order valence-corrected chi connectivity index (χ2v) is 29.3. The van der Waals surface area contributed by atoms with Crippen LogP contribution in [0.15, 0.2) is 151 Å². The van der Waals surface area contributed by atoms with E-state index in [1.807, 2.05) is 26.8 Å². The van der Waals surface area contributed by atoms with Gasteiger partial charge in [0.25, 0.3) is 0 Å². The molecule has 0 aromatic heterocycles. The van der Waals surface area contributed by atoms with Gasteiger partial charge in [-0.2, -0.15) is 0 Å². The van der Waals surface area contributed by atoms with Gasteiger partial charge in [0, 0.05) is 55.7 Å². The Bertz CT molecular complexity index is 2200. The smallest absolute Gasteiger partial charge is 0.850 e. The van der Waals surface area contributed by atoms with Gasteiger partial charge in [-0.25, -0.2) is 0 Å². The Morgan fingerprint density at radius 1 is 0.480 bits per heavy atom. The van der Waals surface area contributed by atoms with E-state index in [-0.39, 0.29) is 99.8 Å². The average molecular weight is 1560 g/mol. The first-order chi connectivity index (χ1) is 47.3. The van der Waals surface area contributed by atoms with Crippen LogP contribution in [0, 0.1) is 0 Å². The zero-order chi connectivity index (χ0) is 74.2. The molecule has 3 aromatic rings. The van der Waals surface area contributed by atoms with Crippen LogP contribution in [0.25, 0.3) is 0 Å². The molecule has 0 fully saturated rings. The van der Waals surface area contributed by atoms with E-state index in [1.54, 1.807) is 55.3 Å². The minimum Gasteiger partial charge on any atom is -0.850 e. The number of rotatable bonds is 49. The molecule has 2 unspecified atom stereocenters. The SMILES string of the molecule is C=COCC.CC(C)(C)[O-].CCCCCCCCC=C(C)/C=C/C=O.CCCCCCCCC=C(C)C(CC(OC)OCC)OC.CCCCCCCCC=C(C)C(OC)OC.CCCCCCCCC[P+](c1ccccc1)(c1ccccc1)c1ccccc1.COC(OC)C(C)=O.I.[K+]. The van der Waals surface area contributed by atoms with Gasteiger partial charge >= 0.3 is 51.4 Å². The molecule has 0 aliphatic carbocycles. The molecule has 0 spiro atoms. The van der Waals surface area contributed by atoms with Crippen LogP contribution in [-0.4, -0.2) is 105 Å². The van der Waals surface area contributed by atoms with Crippen molar-refractivity contribution >= 4 is 59.2 Å². The van der Waals surface area contributed by atoms with Gasteiger partial charge < -0.3 is 43.0 Å². The number of carbonyl (C=O) groups is 2. The van der Waals surface area contributed by atoms with Crippen molar-refractivity contribution in [3.63, 3.8) is 0 Å².